The van der Waals surface area contributed by atoms with Gasteiger partial charge in [0.25, 0.3) is 0 Å². The van der Waals surface area contributed by atoms with Crippen LogP contribution in [-0.4, -0.2) is 16.1 Å². The number of carbonyl (C=O) groups is 1. The van der Waals surface area contributed by atoms with Crippen LogP contribution in [0.4, 0.5) is 5.69 Å². The molecule has 2 aromatic carbocycles. The molecular weight excluding hydrogens is 302 g/mol. The molecule has 3 rings (SSSR count). The van der Waals surface area contributed by atoms with E-state index in [0.717, 1.165) is 23.2 Å². The number of nitrogens with one attached hydrogen (secondary N) is 1. The zero-order valence-electron chi connectivity index (χ0n) is 13.7. The second kappa shape index (κ2) is 7.08. The van der Waals surface area contributed by atoms with E-state index in [9.17, 15) is 4.79 Å². The van der Waals surface area contributed by atoms with Crippen LogP contribution in [0.2, 0.25) is 0 Å². The van der Waals surface area contributed by atoms with Crippen LogP contribution in [0, 0.1) is 13.8 Å². The normalized spacial score (nSPS) is 10.6. The van der Waals surface area contributed by atoms with Crippen molar-refractivity contribution in [2.45, 2.75) is 26.7 Å². The number of rotatable bonds is 5. The summed E-state index contributed by atoms with van der Waals surface area (Å²) in [5.41, 5.74) is 4.00. The van der Waals surface area contributed by atoms with E-state index in [4.69, 9.17) is 4.42 Å². The molecule has 0 atom stereocenters. The lowest BCUT2D eigenvalue weighted by atomic mass is 10.1. The zero-order chi connectivity index (χ0) is 16.9. The van der Waals surface area contributed by atoms with Crippen molar-refractivity contribution in [3.63, 3.8) is 0 Å². The van der Waals surface area contributed by atoms with Crippen molar-refractivity contribution in [3.8, 4) is 0 Å². The molecule has 0 spiro atoms. The number of anilines is 1. The fourth-order valence-corrected chi connectivity index (χ4v) is 2.39. The molecule has 0 aliphatic heterocycles. The predicted octanol–water partition coefficient (Wildman–Crippen LogP) is 3.72. The van der Waals surface area contributed by atoms with E-state index in [-0.39, 0.29) is 11.8 Å². The zero-order valence-corrected chi connectivity index (χ0v) is 13.7. The molecule has 5 heteroatoms. The van der Waals surface area contributed by atoms with Crippen LogP contribution in [0.5, 0.6) is 0 Å². The summed E-state index contributed by atoms with van der Waals surface area (Å²) in [5, 5.41) is 10.6. The molecule has 0 aliphatic rings. The minimum absolute atomic E-state index is 0.0148. The maximum Gasteiger partial charge on any atom is 0.313 e. The fraction of sp³-hybridized carbons (Fsp3) is 0.211. The SMILES string of the molecule is Cc1ccc(C)c(NC(=O)c2nnc(CCc3ccccc3)o2)c1. The second-order valence-corrected chi connectivity index (χ2v) is 5.76. The van der Waals surface area contributed by atoms with E-state index < -0.39 is 0 Å². The highest BCUT2D eigenvalue weighted by Gasteiger charge is 2.16. The van der Waals surface area contributed by atoms with Crippen LogP contribution in [-0.2, 0) is 12.8 Å². The lowest BCUT2D eigenvalue weighted by Gasteiger charge is -2.07. The maximum atomic E-state index is 12.3. The van der Waals surface area contributed by atoms with Gasteiger partial charge in [-0.2, -0.15) is 0 Å². The van der Waals surface area contributed by atoms with E-state index in [1.165, 1.54) is 5.56 Å². The molecule has 5 nitrogen and oxygen atoms in total. The Morgan fingerprint density at radius 3 is 2.62 bits per heavy atom. The molecule has 122 valence electrons. The number of aryl methyl sites for hydroxylation is 4. The number of hydrogen-bond acceptors (Lipinski definition) is 4. The van der Waals surface area contributed by atoms with Crippen LogP contribution in [0.25, 0.3) is 0 Å². The van der Waals surface area contributed by atoms with Crippen molar-refractivity contribution in [3.05, 3.63) is 77.0 Å². The molecule has 3 aromatic rings. The molecule has 1 aromatic heterocycles. The summed E-state index contributed by atoms with van der Waals surface area (Å²) in [7, 11) is 0. The number of aromatic nitrogens is 2. The van der Waals surface area contributed by atoms with Gasteiger partial charge in [0.2, 0.25) is 5.89 Å². The topological polar surface area (TPSA) is 68.0 Å². The highest BCUT2D eigenvalue weighted by Crippen LogP contribution is 2.17. The lowest BCUT2D eigenvalue weighted by Crippen LogP contribution is -2.13. The Hall–Kier alpha value is -2.95. The van der Waals surface area contributed by atoms with Crippen LogP contribution >= 0.6 is 0 Å². The number of amides is 1. The molecule has 1 amide bonds. The van der Waals surface area contributed by atoms with Gasteiger partial charge in [0.1, 0.15) is 0 Å². The average Bonchev–Trinajstić information content (AvgIpc) is 3.06. The van der Waals surface area contributed by atoms with Crippen molar-refractivity contribution in [2.24, 2.45) is 0 Å². The fourth-order valence-electron chi connectivity index (χ4n) is 2.39. The molecule has 0 saturated heterocycles. The van der Waals surface area contributed by atoms with Crippen molar-refractivity contribution in [2.75, 3.05) is 5.32 Å². The Morgan fingerprint density at radius 1 is 1.04 bits per heavy atom. The Balaban J connectivity index is 1.64. The van der Waals surface area contributed by atoms with Crippen molar-refractivity contribution in [1.29, 1.82) is 0 Å². The maximum absolute atomic E-state index is 12.3. The summed E-state index contributed by atoms with van der Waals surface area (Å²) in [6.07, 6.45) is 1.40. The molecule has 0 bridgehead atoms. The van der Waals surface area contributed by atoms with E-state index in [0.29, 0.717) is 12.3 Å². The van der Waals surface area contributed by atoms with E-state index in [1.54, 1.807) is 0 Å². The lowest BCUT2D eigenvalue weighted by molar-refractivity contribution is 0.0988. The third-order valence-electron chi connectivity index (χ3n) is 3.77. The summed E-state index contributed by atoms with van der Waals surface area (Å²) >= 11 is 0. The molecule has 1 heterocycles. The Kier molecular flexibility index (Phi) is 4.70. The number of benzene rings is 2. The van der Waals surface area contributed by atoms with Gasteiger partial charge < -0.3 is 9.73 Å². The quantitative estimate of drug-likeness (QED) is 0.777. The first-order valence-electron chi connectivity index (χ1n) is 7.87. The molecule has 0 fully saturated rings. The van der Waals surface area contributed by atoms with Crippen LogP contribution in [0.3, 0.4) is 0 Å². The Labute approximate surface area is 140 Å². The van der Waals surface area contributed by atoms with Crippen LogP contribution < -0.4 is 5.32 Å². The van der Waals surface area contributed by atoms with Gasteiger partial charge in [0, 0.05) is 12.1 Å². The third kappa shape index (κ3) is 3.87. The summed E-state index contributed by atoms with van der Waals surface area (Å²) < 4.78 is 5.48. The molecule has 0 aliphatic carbocycles. The summed E-state index contributed by atoms with van der Waals surface area (Å²) in [4.78, 5) is 12.3. The molecule has 0 saturated carbocycles. The second-order valence-electron chi connectivity index (χ2n) is 5.76. The molecular formula is C19H19N3O2. The van der Waals surface area contributed by atoms with Crippen LogP contribution in [0.15, 0.2) is 52.9 Å². The van der Waals surface area contributed by atoms with Gasteiger partial charge in [-0.15, -0.1) is 10.2 Å². The molecule has 24 heavy (non-hydrogen) atoms. The van der Waals surface area contributed by atoms with E-state index in [1.807, 2.05) is 62.4 Å². The summed E-state index contributed by atoms with van der Waals surface area (Å²) in [6, 6.07) is 15.9. The number of carbonyl (C=O) groups excluding carboxylic acids is 1. The molecule has 1 N–H and O–H groups in total. The van der Waals surface area contributed by atoms with Crippen molar-refractivity contribution >= 4 is 11.6 Å². The minimum Gasteiger partial charge on any atom is -0.417 e. The van der Waals surface area contributed by atoms with Gasteiger partial charge in [0.15, 0.2) is 0 Å². The highest BCUT2D eigenvalue weighted by atomic mass is 16.4. The number of nitrogens with zero attached hydrogens (tertiary/aromatic N) is 2. The Morgan fingerprint density at radius 2 is 1.83 bits per heavy atom. The smallest absolute Gasteiger partial charge is 0.313 e. The van der Waals surface area contributed by atoms with E-state index >= 15 is 0 Å². The summed E-state index contributed by atoms with van der Waals surface area (Å²) in [6.45, 7) is 3.91. The highest BCUT2D eigenvalue weighted by molar-refractivity contribution is 6.01. The number of hydrogen-bond donors (Lipinski definition) is 1. The third-order valence-corrected chi connectivity index (χ3v) is 3.77. The largest absolute Gasteiger partial charge is 0.417 e. The standard InChI is InChI=1S/C19H19N3O2/c1-13-8-9-14(2)16(12-13)20-18(23)19-22-21-17(24-19)11-10-15-6-4-3-5-7-15/h3-9,12H,10-11H2,1-2H3,(H,20,23). The van der Waals surface area contributed by atoms with Gasteiger partial charge in [-0.05, 0) is 43.0 Å². The molecule has 0 radical (unpaired) electrons. The average molecular weight is 321 g/mol. The monoisotopic (exact) mass is 321 g/mol. The predicted molar refractivity (Wildman–Crippen MR) is 92.0 cm³/mol. The first kappa shape index (κ1) is 15.9. The van der Waals surface area contributed by atoms with E-state index in [2.05, 4.69) is 15.5 Å². The first-order chi connectivity index (χ1) is 11.6. The summed E-state index contributed by atoms with van der Waals surface area (Å²) in [5.74, 6) is 0.0612. The van der Waals surface area contributed by atoms with Gasteiger partial charge in [-0.1, -0.05) is 42.5 Å². The first-order valence-corrected chi connectivity index (χ1v) is 7.87. The van der Waals surface area contributed by atoms with Gasteiger partial charge in [-0.3, -0.25) is 4.79 Å². The van der Waals surface area contributed by atoms with Gasteiger partial charge in [-0.25, -0.2) is 0 Å². The van der Waals surface area contributed by atoms with Crippen LogP contribution in [0.1, 0.15) is 33.3 Å². The van der Waals surface area contributed by atoms with Crippen molar-refractivity contribution < 1.29 is 9.21 Å². The van der Waals surface area contributed by atoms with Crippen molar-refractivity contribution in [1.82, 2.24) is 10.2 Å². The van der Waals surface area contributed by atoms with Gasteiger partial charge >= 0.3 is 11.8 Å². The van der Waals surface area contributed by atoms with Gasteiger partial charge in [0.05, 0.1) is 0 Å². The Bertz CT molecular complexity index is 841. The minimum atomic E-state index is -0.387. The molecule has 0 unspecified atom stereocenters.